The van der Waals surface area contributed by atoms with Crippen LogP contribution < -0.4 is 15.6 Å². The minimum atomic E-state index is -0.520. The number of amides is 2. The van der Waals surface area contributed by atoms with Crippen molar-refractivity contribution in [2.24, 2.45) is 5.10 Å². The predicted molar refractivity (Wildman–Crippen MR) is 125 cm³/mol. The Labute approximate surface area is 181 Å². The van der Waals surface area contributed by atoms with Gasteiger partial charge in [-0.2, -0.15) is 5.10 Å². The smallest absolute Gasteiger partial charge is 0.287 e. The summed E-state index contributed by atoms with van der Waals surface area (Å²) in [6, 6.07) is 25.8. The highest BCUT2D eigenvalue weighted by atomic mass is 16.2. The minimum Gasteiger partial charge on any atom is -0.378 e. The van der Waals surface area contributed by atoms with Gasteiger partial charge in [-0.1, -0.05) is 60.7 Å². The van der Waals surface area contributed by atoms with Gasteiger partial charge in [0.25, 0.3) is 11.8 Å². The zero-order valence-corrected chi connectivity index (χ0v) is 17.4. The average molecular weight is 412 g/mol. The number of nitrogens with zero attached hydrogens (tertiary/aromatic N) is 2. The van der Waals surface area contributed by atoms with Crippen LogP contribution >= 0.6 is 0 Å². The molecule has 0 unspecified atom stereocenters. The number of rotatable bonds is 7. The third-order valence-electron chi connectivity index (χ3n) is 4.43. The zero-order chi connectivity index (χ0) is 22.1. The fourth-order valence-corrected chi connectivity index (χ4v) is 2.74. The molecule has 3 aromatic carbocycles. The van der Waals surface area contributed by atoms with Crippen LogP contribution in [0.5, 0.6) is 0 Å². The quantitative estimate of drug-likeness (QED) is 0.353. The van der Waals surface area contributed by atoms with Crippen LogP contribution in [0.3, 0.4) is 0 Å². The first-order valence-corrected chi connectivity index (χ1v) is 9.77. The van der Waals surface area contributed by atoms with Crippen LogP contribution in [0.2, 0.25) is 0 Å². The maximum Gasteiger partial charge on any atom is 0.287 e. The molecule has 156 valence electrons. The summed E-state index contributed by atoms with van der Waals surface area (Å²) in [7, 11) is 3.91. The molecule has 0 heterocycles. The van der Waals surface area contributed by atoms with E-state index in [0.717, 1.165) is 16.8 Å². The van der Waals surface area contributed by atoms with Crippen LogP contribution in [0, 0.1) is 0 Å². The molecule has 0 radical (unpaired) electrons. The Kier molecular flexibility index (Phi) is 7.32. The first kappa shape index (κ1) is 21.5. The van der Waals surface area contributed by atoms with Gasteiger partial charge in [0.1, 0.15) is 5.70 Å². The molecular formula is C25H24N4O2. The second-order valence-corrected chi connectivity index (χ2v) is 6.97. The molecule has 0 aliphatic heterocycles. The Morgan fingerprint density at radius 2 is 1.42 bits per heavy atom. The largest absolute Gasteiger partial charge is 0.378 e. The number of carbonyl (C=O) groups is 2. The third-order valence-corrected chi connectivity index (χ3v) is 4.43. The molecule has 0 saturated heterocycles. The van der Waals surface area contributed by atoms with E-state index >= 15 is 0 Å². The van der Waals surface area contributed by atoms with Crippen molar-refractivity contribution in [3.05, 3.63) is 107 Å². The summed E-state index contributed by atoms with van der Waals surface area (Å²) < 4.78 is 0. The Bertz CT molecular complexity index is 1070. The molecule has 0 aromatic heterocycles. The summed E-state index contributed by atoms with van der Waals surface area (Å²) in [5, 5.41) is 6.69. The van der Waals surface area contributed by atoms with E-state index in [9.17, 15) is 9.59 Å². The molecule has 0 bridgehead atoms. The van der Waals surface area contributed by atoms with E-state index in [-0.39, 0.29) is 11.6 Å². The van der Waals surface area contributed by atoms with E-state index < -0.39 is 5.91 Å². The van der Waals surface area contributed by atoms with Crippen molar-refractivity contribution >= 4 is 29.8 Å². The SMILES string of the molecule is CN(C)c1ccc(/C=C(\NC(=O)c2ccccc2)C(=O)NN=Cc2ccccc2)cc1. The molecule has 6 nitrogen and oxygen atoms in total. The molecule has 0 saturated carbocycles. The van der Waals surface area contributed by atoms with Gasteiger partial charge in [0, 0.05) is 25.3 Å². The van der Waals surface area contributed by atoms with Crippen LogP contribution in [0.25, 0.3) is 6.08 Å². The second kappa shape index (κ2) is 10.5. The topological polar surface area (TPSA) is 73.8 Å². The fourth-order valence-electron chi connectivity index (χ4n) is 2.74. The minimum absolute atomic E-state index is 0.0941. The predicted octanol–water partition coefficient (Wildman–Crippen LogP) is 3.67. The molecule has 3 rings (SSSR count). The van der Waals surface area contributed by atoms with Crippen LogP contribution in [0.1, 0.15) is 21.5 Å². The molecular weight excluding hydrogens is 388 g/mol. The monoisotopic (exact) mass is 412 g/mol. The molecule has 3 aromatic rings. The summed E-state index contributed by atoms with van der Waals surface area (Å²) in [5.74, 6) is -0.896. The van der Waals surface area contributed by atoms with Crippen LogP contribution in [0.4, 0.5) is 5.69 Å². The van der Waals surface area contributed by atoms with Crippen molar-refractivity contribution in [3.63, 3.8) is 0 Å². The van der Waals surface area contributed by atoms with E-state index in [1.165, 1.54) is 0 Å². The number of anilines is 1. The van der Waals surface area contributed by atoms with Gasteiger partial charge in [-0.3, -0.25) is 9.59 Å². The highest BCUT2D eigenvalue weighted by Crippen LogP contribution is 2.14. The van der Waals surface area contributed by atoms with Crippen LogP contribution in [-0.4, -0.2) is 32.1 Å². The summed E-state index contributed by atoms with van der Waals surface area (Å²) in [6.07, 6.45) is 3.16. The molecule has 31 heavy (non-hydrogen) atoms. The number of hydrazone groups is 1. The van der Waals surface area contributed by atoms with Gasteiger partial charge in [-0.25, -0.2) is 5.43 Å². The van der Waals surface area contributed by atoms with Gasteiger partial charge >= 0.3 is 0 Å². The Balaban J connectivity index is 1.81. The van der Waals surface area contributed by atoms with Crippen molar-refractivity contribution in [1.82, 2.24) is 10.7 Å². The molecule has 0 aliphatic rings. The fraction of sp³-hybridized carbons (Fsp3) is 0.0800. The lowest BCUT2D eigenvalue weighted by atomic mass is 10.1. The summed E-state index contributed by atoms with van der Waals surface area (Å²) in [5.41, 5.74) is 5.68. The van der Waals surface area contributed by atoms with Gasteiger partial charge in [-0.15, -0.1) is 0 Å². The maximum atomic E-state index is 12.8. The Morgan fingerprint density at radius 1 is 0.806 bits per heavy atom. The average Bonchev–Trinajstić information content (AvgIpc) is 2.80. The van der Waals surface area contributed by atoms with Crippen molar-refractivity contribution in [3.8, 4) is 0 Å². The number of hydrogen-bond acceptors (Lipinski definition) is 4. The molecule has 0 fully saturated rings. The standard InChI is InChI=1S/C25H24N4O2/c1-29(2)22-15-13-19(14-16-22)17-23(27-24(30)21-11-7-4-8-12-21)25(31)28-26-18-20-9-5-3-6-10-20/h3-18H,1-2H3,(H,27,30)(H,28,31)/b23-17-,26-18?. The van der Waals surface area contributed by atoms with Crippen molar-refractivity contribution in [2.75, 3.05) is 19.0 Å². The van der Waals surface area contributed by atoms with Crippen LogP contribution in [0.15, 0.2) is 95.7 Å². The highest BCUT2D eigenvalue weighted by molar-refractivity contribution is 6.05. The third kappa shape index (κ3) is 6.40. The van der Waals surface area contributed by atoms with Crippen LogP contribution in [-0.2, 0) is 4.79 Å². The molecule has 0 spiro atoms. The first-order valence-electron chi connectivity index (χ1n) is 9.77. The van der Waals surface area contributed by atoms with Gasteiger partial charge in [-0.05, 0) is 41.5 Å². The summed E-state index contributed by atoms with van der Waals surface area (Å²) >= 11 is 0. The lowest BCUT2D eigenvalue weighted by molar-refractivity contribution is -0.117. The molecule has 0 atom stereocenters. The molecule has 0 aliphatic carbocycles. The first-order chi connectivity index (χ1) is 15.0. The Morgan fingerprint density at radius 3 is 2.03 bits per heavy atom. The van der Waals surface area contributed by atoms with E-state index in [1.54, 1.807) is 36.6 Å². The maximum absolute atomic E-state index is 12.8. The van der Waals surface area contributed by atoms with Gasteiger partial charge < -0.3 is 10.2 Å². The summed E-state index contributed by atoms with van der Waals surface area (Å²) in [4.78, 5) is 27.4. The lowest BCUT2D eigenvalue weighted by Gasteiger charge is -2.12. The van der Waals surface area contributed by atoms with Gasteiger partial charge in [0.15, 0.2) is 0 Å². The zero-order valence-electron chi connectivity index (χ0n) is 17.4. The van der Waals surface area contributed by atoms with Crippen molar-refractivity contribution in [1.29, 1.82) is 0 Å². The highest BCUT2D eigenvalue weighted by Gasteiger charge is 2.14. The van der Waals surface area contributed by atoms with Gasteiger partial charge in [0.05, 0.1) is 6.21 Å². The number of carbonyl (C=O) groups excluding carboxylic acids is 2. The molecule has 2 N–H and O–H groups in total. The van der Waals surface area contributed by atoms with E-state index in [4.69, 9.17) is 0 Å². The summed E-state index contributed by atoms with van der Waals surface area (Å²) in [6.45, 7) is 0. The van der Waals surface area contributed by atoms with E-state index in [2.05, 4.69) is 15.8 Å². The molecule has 2 amide bonds. The van der Waals surface area contributed by atoms with Crippen molar-refractivity contribution < 1.29 is 9.59 Å². The van der Waals surface area contributed by atoms with Gasteiger partial charge in [0.2, 0.25) is 0 Å². The van der Waals surface area contributed by atoms with E-state index in [1.807, 2.05) is 79.7 Å². The normalized spacial score (nSPS) is 11.2. The molecule has 6 heteroatoms. The number of nitrogens with one attached hydrogen (secondary N) is 2. The number of hydrogen-bond donors (Lipinski definition) is 2. The lowest BCUT2D eigenvalue weighted by Crippen LogP contribution is -2.32. The number of benzene rings is 3. The van der Waals surface area contributed by atoms with Crippen molar-refractivity contribution in [2.45, 2.75) is 0 Å². The van der Waals surface area contributed by atoms with E-state index in [0.29, 0.717) is 5.56 Å². The Hall–Kier alpha value is -4.19. The second-order valence-electron chi connectivity index (χ2n) is 6.97.